The highest BCUT2D eigenvalue weighted by molar-refractivity contribution is 9.10. The Bertz CT molecular complexity index is 520. The van der Waals surface area contributed by atoms with Crippen LogP contribution in [-0.4, -0.2) is 5.75 Å². The van der Waals surface area contributed by atoms with E-state index in [1.54, 1.807) is 30.5 Å². The number of thioether (sulfide) groups is 1. The lowest BCUT2D eigenvalue weighted by molar-refractivity contribution is 0.438. The van der Waals surface area contributed by atoms with Gasteiger partial charge in [-0.3, -0.25) is 5.84 Å². The Balaban J connectivity index is 2.05. The Labute approximate surface area is 117 Å². The number of furan rings is 1. The van der Waals surface area contributed by atoms with Crippen molar-refractivity contribution in [3.05, 3.63) is 52.6 Å². The van der Waals surface area contributed by atoms with E-state index in [0.717, 1.165) is 4.47 Å². The molecule has 6 heteroatoms. The molecule has 0 bridgehead atoms. The Morgan fingerprint density at radius 2 is 2.17 bits per heavy atom. The Morgan fingerprint density at radius 1 is 1.39 bits per heavy atom. The van der Waals surface area contributed by atoms with Crippen molar-refractivity contribution in [2.75, 3.05) is 5.75 Å². The van der Waals surface area contributed by atoms with Gasteiger partial charge in [0, 0.05) is 10.6 Å². The van der Waals surface area contributed by atoms with Crippen molar-refractivity contribution < 1.29 is 8.81 Å². The highest BCUT2D eigenvalue weighted by atomic mass is 79.9. The first kappa shape index (κ1) is 13.6. The molecule has 1 heterocycles. The van der Waals surface area contributed by atoms with E-state index in [-0.39, 0.29) is 11.9 Å². The van der Waals surface area contributed by atoms with E-state index >= 15 is 0 Å². The molecule has 0 spiro atoms. The quantitative estimate of drug-likeness (QED) is 0.500. The molecule has 1 unspecified atom stereocenters. The van der Waals surface area contributed by atoms with Gasteiger partial charge in [-0.15, -0.1) is 11.8 Å². The number of rotatable bonds is 5. The molecule has 0 saturated carbocycles. The van der Waals surface area contributed by atoms with Gasteiger partial charge in [0.05, 0.1) is 16.8 Å². The van der Waals surface area contributed by atoms with Gasteiger partial charge in [0.25, 0.3) is 0 Å². The summed E-state index contributed by atoms with van der Waals surface area (Å²) in [6.45, 7) is 0. The molecule has 2 rings (SSSR count). The molecule has 3 N–H and O–H groups in total. The topological polar surface area (TPSA) is 51.2 Å². The Kier molecular flexibility index (Phi) is 4.82. The first-order valence-corrected chi connectivity index (χ1v) is 7.06. The summed E-state index contributed by atoms with van der Waals surface area (Å²) in [5.74, 6) is 6.55. The molecule has 1 aromatic heterocycles. The van der Waals surface area contributed by atoms with E-state index in [1.807, 2.05) is 0 Å². The summed E-state index contributed by atoms with van der Waals surface area (Å²) >= 11 is 4.76. The van der Waals surface area contributed by atoms with Crippen molar-refractivity contribution in [3.63, 3.8) is 0 Å². The summed E-state index contributed by atoms with van der Waals surface area (Å²) in [7, 11) is 0. The summed E-state index contributed by atoms with van der Waals surface area (Å²) in [6.07, 6.45) is 1.58. The lowest BCUT2D eigenvalue weighted by atomic mass is 10.3. The van der Waals surface area contributed by atoms with Gasteiger partial charge in [0.2, 0.25) is 0 Å². The molecule has 0 aliphatic rings. The predicted molar refractivity (Wildman–Crippen MR) is 73.6 cm³/mol. The number of halogens is 2. The third-order valence-electron chi connectivity index (χ3n) is 2.40. The van der Waals surface area contributed by atoms with Crippen LogP contribution in [0.15, 0.2) is 50.4 Å². The standard InChI is InChI=1S/C12H12BrFN2OS/c13-8-5-6-17-12(8)10(16-15)7-18-11-4-2-1-3-9(11)14/h1-6,10,16H,7,15H2. The summed E-state index contributed by atoms with van der Waals surface area (Å²) in [5, 5.41) is 0. The van der Waals surface area contributed by atoms with Crippen LogP contribution in [0.2, 0.25) is 0 Å². The number of benzene rings is 1. The zero-order valence-electron chi connectivity index (χ0n) is 9.40. The van der Waals surface area contributed by atoms with E-state index in [0.29, 0.717) is 16.4 Å². The fourth-order valence-electron chi connectivity index (χ4n) is 1.49. The van der Waals surface area contributed by atoms with Gasteiger partial charge < -0.3 is 4.42 Å². The molecule has 0 fully saturated rings. The molecule has 96 valence electrons. The second kappa shape index (κ2) is 6.38. The molecule has 3 nitrogen and oxygen atoms in total. The van der Waals surface area contributed by atoms with Crippen molar-refractivity contribution in [2.45, 2.75) is 10.9 Å². The lowest BCUT2D eigenvalue weighted by Gasteiger charge is -2.13. The largest absolute Gasteiger partial charge is 0.466 e. The van der Waals surface area contributed by atoms with Gasteiger partial charge in [0.15, 0.2) is 0 Å². The molecule has 0 amide bonds. The molecule has 0 saturated heterocycles. The first-order chi connectivity index (χ1) is 8.72. The Hall–Kier alpha value is -0.820. The zero-order chi connectivity index (χ0) is 13.0. The first-order valence-electron chi connectivity index (χ1n) is 5.28. The minimum atomic E-state index is -0.225. The fourth-order valence-corrected chi connectivity index (χ4v) is 2.94. The van der Waals surface area contributed by atoms with Crippen LogP contribution >= 0.6 is 27.7 Å². The van der Waals surface area contributed by atoms with Crippen molar-refractivity contribution >= 4 is 27.7 Å². The van der Waals surface area contributed by atoms with Crippen molar-refractivity contribution in [1.82, 2.24) is 5.43 Å². The third kappa shape index (κ3) is 3.14. The second-order valence-corrected chi connectivity index (χ2v) is 5.51. The maximum atomic E-state index is 13.5. The van der Waals surface area contributed by atoms with Crippen LogP contribution in [0.25, 0.3) is 0 Å². The smallest absolute Gasteiger partial charge is 0.137 e. The normalized spacial score (nSPS) is 12.6. The van der Waals surface area contributed by atoms with E-state index in [4.69, 9.17) is 10.3 Å². The number of nitrogens with one attached hydrogen (secondary N) is 1. The summed E-state index contributed by atoms with van der Waals surface area (Å²) in [5.41, 5.74) is 2.67. The van der Waals surface area contributed by atoms with E-state index in [1.165, 1.54) is 17.8 Å². The predicted octanol–water partition coefficient (Wildman–Crippen LogP) is 3.48. The molecule has 18 heavy (non-hydrogen) atoms. The zero-order valence-corrected chi connectivity index (χ0v) is 11.8. The maximum absolute atomic E-state index is 13.5. The van der Waals surface area contributed by atoms with Gasteiger partial charge in [-0.1, -0.05) is 12.1 Å². The van der Waals surface area contributed by atoms with Gasteiger partial charge in [-0.05, 0) is 34.1 Å². The molecule has 0 aliphatic carbocycles. The highest BCUT2D eigenvalue weighted by Crippen LogP contribution is 2.30. The van der Waals surface area contributed by atoms with Crippen LogP contribution in [0.1, 0.15) is 11.8 Å². The molecule has 2 aromatic rings. The molecule has 1 aromatic carbocycles. The molecule has 1 atom stereocenters. The third-order valence-corrected chi connectivity index (χ3v) is 4.20. The van der Waals surface area contributed by atoms with Crippen molar-refractivity contribution in [2.24, 2.45) is 5.84 Å². The second-order valence-electron chi connectivity index (χ2n) is 3.59. The number of hydrogen-bond acceptors (Lipinski definition) is 4. The summed E-state index contributed by atoms with van der Waals surface area (Å²) in [6, 6.07) is 8.27. The average Bonchev–Trinajstić information content (AvgIpc) is 2.79. The average molecular weight is 331 g/mol. The van der Waals surface area contributed by atoms with Crippen LogP contribution in [0.4, 0.5) is 4.39 Å². The lowest BCUT2D eigenvalue weighted by Crippen LogP contribution is -2.29. The SMILES string of the molecule is NNC(CSc1ccccc1F)c1occc1Br. The molecular weight excluding hydrogens is 319 g/mol. The van der Waals surface area contributed by atoms with Crippen LogP contribution in [0.5, 0.6) is 0 Å². The summed E-state index contributed by atoms with van der Waals surface area (Å²) < 4.78 is 19.6. The van der Waals surface area contributed by atoms with Crippen molar-refractivity contribution in [1.29, 1.82) is 0 Å². The molecular formula is C12H12BrFN2OS. The van der Waals surface area contributed by atoms with Crippen LogP contribution in [0, 0.1) is 5.82 Å². The monoisotopic (exact) mass is 330 g/mol. The van der Waals surface area contributed by atoms with Gasteiger partial charge in [0.1, 0.15) is 11.6 Å². The minimum Gasteiger partial charge on any atom is -0.466 e. The number of hydrazine groups is 1. The van der Waals surface area contributed by atoms with Gasteiger partial charge in [-0.25, -0.2) is 9.82 Å². The Morgan fingerprint density at radius 3 is 2.78 bits per heavy atom. The van der Waals surface area contributed by atoms with Crippen molar-refractivity contribution in [3.8, 4) is 0 Å². The van der Waals surface area contributed by atoms with Gasteiger partial charge >= 0.3 is 0 Å². The van der Waals surface area contributed by atoms with Crippen LogP contribution in [-0.2, 0) is 0 Å². The van der Waals surface area contributed by atoms with E-state index in [9.17, 15) is 4.39 Å². The number of nitrogens with two attached hydrogens (primary N) is 1. The van der Waals surface area contributed by atoms with E-state index in [2.05, 4.69) is 21.4 Å². The van der Waals surface area contributed by atoms with E-state index < -0.39 is 0 Å². The highest BCUT2D eigenvalue weighted by Gasteiger charge is 2.17. The fraction of sp³-hybridized carbons (Fsp3) is 0.167. The molecule has 0 aliphatic heterocycles. The summed E-state index contributed by atoms with van der Waals surface area (Å²) in [4.78, 5) is 0.598. The van der Waals surface area contributed by atoms with Crippen LogP contribution < -0.4 is 11.3 Å². The molecule has 0 radical (unpaired) electrons. The minimum absolute atomic E-state index is 0.181. The maximum Gasteiger partial charge on any atom is 0.137 e. The van der Waals surface area contributed by atoms with Gasteiger partial charge in [-0.2, -0.15) is 0 Å². The number of hydrogen-bond donors (Lipinski definition) is 2. The van der Waals surface area contributed by atoms with Crippen LogP contribution in [0.3, 0.4) is 0 Å².